The molecule has 0 aromatic heterocycles. The molecule has 0 spiro atoms. The summed E-state index contributed by atoms with van der Waals surface area (Å²) in [7, 11) is -7.09. The van der Waals surface area contributed by atoms with Crippen molar-refractivity contribution in [3.8, 4) is 11.1 Å². The van der Waals surface area contributed by atoms with Crippen LogP contribution < -0.4 is 0 Å². The van der Waals surface area contributed by atoms with E-state index in [4.69, 9.17) is 9.47 Å². The molecule has 0 unspecified atom stereocenters. The lowest BCUT2D eigenvalue weighted by Gasteiger charge is -2.21. The summed E-state index contributed by atoms with van der Waals surface area (Å²) in [6.07, 6.45) is 2.85. The van der Waals surface area contributed by atoms with Gasteiger partial charge in [0.25, 0.3) is 0 Å². The summed E-state index contributed by atoms with van der Waals surface area (Å²) >= 11 is 0. The second-order valence-corrected chi connectivity index (χ2v) is 13.6. The molecule has 0 radical (unpaired) electrons. The predicted molar refractivity (Wildman–Crippen MR) is 130 cm³/mol. The van der Waals surface area contributed by atoms with Crippen molar-refractivity contribution in [3.63, 3.8) is 0 Å². The van der Waals surface area contributed by atoms with E-state index in [1.807, 2.05) is 0 Å². The number of ether oxygens (including phenoxy) is 2. The highest BCUT2D eigenvalue weighted by molar-refractivity contribution is 7.91. The van der Waals surface area contributed by atoms with Crippen molar-refractivity contribution in [1.29, 1.82) is 0 Å². The Labute approximate surface area is 205 Å². The zero-order valence-corrected chi connectivity index (χ0v) is 21.0. The van der Waals surface area contributed by atoms with Crippen molar-refractivity contribution in [2.45, 2.75) is 35.5 Å². The van der Waals surface area contributed by atoms with Gasteiger partial charge < -0.3 is 14.7 Å². The molecule has 8 nitrogen and oxygen atoms in total. The average molecular weight is 520 g/mol. The molecular formula is C25H29NO7S2. The Morgan fingerprint density at radius 2 is 1.09 bits per heavy atom. The van der Waals surface area contributed by atoms with Crippen LogP contribution in [0.4, 0.5) is 0 Å². The topological polar surface area (TPSA) is 119 Å². The second-order valence-electron chi connectivity index (χ2n) is 9.54. The van der Waals surface area contributed by atoms with Crippen LogP contribution in [0.1, 0.15) is 36.8 Å². The van der Waals surface area contributed by atoms with Crippen LogP contribution in [-0.2, 0) is 29.1 Å². The van der Waals surface area contributed by atoms with Crippen LogP contribution in [0.5, 0.6) is 0 Å². The number of benzene rings is 2. The van der Waals surface area contributed by atoms with E-state index in [-0.39, 0.29) is 38.8 Å². The van der Waals surface area contributed by atoms with Crippen molar-refractivity contribution in [2.24, 2.45) is 17.0 Å². The van der Waals surface area contributed by atoms with Crippen LogP contribution >= 0.6 is 0 Å². The minimum Gasteiger partial charge on any atom is -0.410 e. The largest absolute Gasteiger partial charge is 0.410 e. The lowest BCUT2D eigenvalue weighted by atomic mass is 10.0. The second kappa shape index (κ2) is 9.65. The number of rotatable bonds is 6. The van der Waals surface area contributed by atoms with Gasteiger partial charge in [-0.3, -0.25) is 0 Å². The molecule has 1 N–H and O–H groups in total. The number of sulfone groups is 2. The Morgan fingerprint density at radius 1 is 0.686 bits per heavy atom. The molecular weight excluding hydrogens is 490 g/mol. The average Bonchev–Trinajstić information content (AvgIpc) is 3.17. The summed E-state index contributed by atoms with van der Waals surface area (Å²) in [5.41, 5.74) is 2.57. The number of hydrogen-bond acceptors (Lipinski definition) is 8. The van der Waals surface area contributed by atoms with Gasteiger partial charge in [-0.05, 0) is 72.9 Å². The van der Waals surface area contributed by atoms with Crippen LogP contribution in [-0.4, -0.2) is 65.7 Å². The Kier molecular flexibility index (Phi) is 6.73. The Balaban J connectivity index is 1.44. The maximum Gasteiger partial charge on any atom is 0.178 e. The van der Waals surface area contributed by atoms with Gasteiger partial charge in [-0.2, -0.15) is 0 Å². The van der Waals surface area contributed by atoms with E-state index >= 15 is 0 Å². The van der Waals surface area contributed by atoms with Gasteiger partial charge in [0.15, 0.2) is 19.7 Å². The minimum absolute atomic E-state index is 0.0439. The fraction of sp³-hybridized carbons (Fsp3) is 0.480. The first-order valence-corrected chi connectivity index (χ1v) is 15.2. The van der Waals surface area contributed by atoms with Gasteiger partial charge in [0.2, 0.25) is 0 Å². The molecule has 2 heterocycles. The number of oxime groups is 1. The molecule has 0 saturated carbocycles. The molecule has 35 heavy (non-hydrogen) atoms. The summed E-state index contributed by atoms with van der Waals surface area (Å²) in [4.78, 5) is 0.341. The summed E-state index contributed by atoms with van der Waals surface area (Å²) < 4.78 is 63.1. The zero-order valence-electron chi connectivity index (χ0n) is 19.4. The molecule has 2 aromatic rings. The van der Waals surface area contributed by atoms with E-state index in [2.05, 4.69) is 5.16 Å². The normalized spacial score (nSPS) is 19.4. The highest BCUT2D eigenvalue weighted by atomic mass is 32.2. The van der Waals surface area contributed by atoms with E-state index in [1.165, 1.54) is 12.1 Å². The molecule has 2 fully saturated rings. The molecule has 0 bridgehead atoms. The van der Waals surface area contributed by atoms with Crippen molar-refractivity contribution in [2.75, 3.05) is 37.9 Å². The third-order valence-corrected chi connectivity index (χ3v) is 11.0. The summed E-state index contributed by atoms with van der Waals surface area (Å²) in [6, 6.07) is 9.64. The van der Waals surface area contributed by atoms with Gasteiger partial charge in [0.05, 0.1) is 21.3 Å². The predicted octanol–water partition coefficient (Wildman–Crippen LogP) is 3.29. The van der Waals surface area contributed by atoms with Gasteiger partial charge >= 0.3 is 0 Å². The van der Waals surface area contributed by atoms with Crippen LogP contribution in [0.25, 0.3) is 11.1 Å². The molecule has 0 atom stereocenters. The third-order valence-electron chi connectivity index (χ3n) is 7.19. The number of fused-ring (bicyclic) bond motifs is 3. The molecule has 3 aliphatic rings. The third kappa shape index (κ3) is 4.89. The van der Waals surface area contributed by atoms with E-state index in [9.17, 15) is 22.0 Å². The molecule has 0 amide bonds. The maximum atomic E-state index is 13.1. The van der Waals surface area contributed by atoms with Crippen LogP contribution in [0, 0.1) is 11.8 Å². The quantitative estimate of drug-likeness (QED) is 0.392. The SMILES string of the molecule is O=S(=O)(CC1CCOCC1)c1ccc2c(c1)C(=NO)c1cc(S(=O)(=O)CC3CCOCC3)ccc1-2. The molecule has 1 aliphatic carbocycles. The van der Waals surface area contributed by atoms with E-state index < -0.39 is 19.7 Å². The van der Waals surface area contributed by atoms with Gasteiger partial charge in [-0.15, -0.1) is 0 Å². The van der Waals surface area contributed by atoms with Gasteiger partial charge in [-0.25, -0.2) is 16.8 Å². The van der Waals surface area contributed by atoms with E-state index in [1.54, 1.807) is 24.3 Å². The van der Waals surface area contributed by atoms with Crippen molar-refractivity contribution < 1.29 is 31.5 Å². The van der Waals surface area contributed by atoms with Gasteiger partial charge in [-0.1, -0.05) is 17.3 Å². The van der Waals surface area contributed by atoms with E-state index in [0.717, 1.165) is 0 Å². The smallest absolute Gasteiger partial charge is 0.178 e. The molecule has 5 rings (SSSR count). The molecule has 2 aliphatic heterocycles. The summed E-state index contributed by atoms with van der Waals surface area (Å²) in [6.45, 7) is 2.28. The molecule has 2 saturated heterocycles. The molecule has 10 heteroatoms. The zero-order chi connectivity index (χ0) is 24.6. The molecule has 2 aromatic carbocycles. The van der Waals surface area contributed by atoms with Crippen molar-refractivity contribution >= 4 is 25.4 Å². The van der Waals surface area contributed by atoms with Gasteiger partial charge in [0, 0.05) is 37.6 Å². The highest BCUT2D eigenvalue weighted by Crippen LogP contribution is 2.40. The maximum absolute atomic E-state index is 13.1. The van der Waals surface area contributed by atoms with Crippen LogP contribution in [0.3, 0.4) is 0 Å². The Morgan fingerprint density at radius 3 is 1.46 bits per heavy atom. The first-order valence-electron chi connectivity index (χ1n) is 11.9. The Bertz CT molecular complexity index is 1250. The minimum atomic E-state index is -3.55. The van der Waals surface area contributed by atoms with E-state index in [0.29, 0.717) is 74.4 Å². The van der Waals surface area contributed by atoms with Crippen LogP contribution in [0.15, 0.2) is 51.3 Å². The first-order chi connectivity index (χ1) is 16.8. The lowest BCUT2D eigenvalue weighted by molar-refractivity contribution is 0.0722. The fourth-order valence-corrected chi connectivity index (χ4v) is 8.63. The Hall–Kier alpha value is -2.27. The first kappa shape index (κ1) is 24.4. The summed E-state index contributed by atoms with van der Waals surface area (Å²) in [5.74, 6) is 0.187. The molecule has 188 valence electrons. The lowest BCUT2D eigenvalue weighted by Crippen LogP contribution is -2.23. The number of nitrogens with zero attached hydrogens (tertiary/aromatic N) is 1. The highest BCUT2D eigenvalue weighted by Gasteiger charge is 2.31. The standard InChI is InChI=1S/C25H29NO7S2/c27-26-25-23-13-19(34(28,29)15-17-5-9-32-10-6-17)1-3-21(23)22-4-2-20(14-24(22)25)35(30,31)16-18-7-11-33-12-8-18/h1-4,13-14,17-18,27H,5-12,15-16H2. The van der Waals surface area contributed by atoms with Crippen LogP contribution in [0.2, 0.25) is 0 Å². The fourth-order valence-electron chi connectivity index (χ4n) is 5.19. The van der Waals surface area contributed by atoms with Gasteiger partial charge in [0.1, 0.15) is 5.71 Å². The number of hydrogen-bond donors (Lipinski definition) is 1. The summed E-state index contributed by atoms with van der Waals surface area (Å²) in [5, 5.41) is 13.3. The van der Waals surface area contributed by atoms with Crippen molar-refractivity contribution in [3.05, 3.63) is 47.5 Å². The monoisotopic (exact) mass is 519 g/mol. The van der Waals surface area contributed by atoms with Crippen molar-refractivity contribution in [1.82, 2.24) is 0 Å².